The Bertz CT molecular complexity index is 733. The molecule has 1 N–H and O–H groups in total. The molecular formula is C21H26N2O3. The average molecular weight is 354 g/mol. The number of aliphatic hydroxyl groups is 1. The summed E-state index contributed by atoms with van der Waals surface area (Å²) in [4.78, 5) is 18.8. The largest absolute Gasteiger partial charge is 0.494 e. The summed E-state index contributed by atoms with van der Waals surface area (Å²) in [7, 11) is 0. The highest BCUT2D eigenvalue weighted by atomic mass is 16.5. The Labute approximate surface area is 154 Å². The lowest BCUT2D eigenvalue weighted by Crippen LogP contribution is -2.46. The van der Waals surface area contributed by atoms with Crippen LogP contribution < -0.4 is 4.74 Å². The number of hydrogen-bond donors (Lipinski definition) is 1. The smallest absolute Gasteiger partial charge is 0.226 e. The first-order valence-electron chi connectivity index (χ1n) is 9.15. The van der Waals surface area contributed by atoms with Gasteiger partial charge in [0.05, 0.1) is 18.7 Å². The van der Waals surface area contributed by atoms with Gasteiger partial charge in [-0.3, -0.25) is 9.78 Å². The Morgan fingerprint density at radius 2 is 1.88 bits per heavy atom. The highest BCUT2D eigenvalue weighted by Gasteiger charge is 2.36. The second-order valence-corrected chi connectivity index (χ2v) is 6.89. The number of aryl methyl sites for hydroxylation is 1. The van der Waals surface area contributed by atoms with Crippen molar-refractivity contribution in [2.75, 3.05) is 19.7 Å². The standard InChI is InChI=1S/C21H26N2O3/c1-3-26-18-7-5-17(6-8-18)14-20(24)23-12-10-21(25,11-13-23)19-9-4-16(2)15-22-19/h4-9,15,25H,3,10-14H2,1-2H3. The predicted octanol–water partition coefficient (Wildman–Crippen LogP) is 2.84. The summed E-state index contributed by atoms with van der Waals surface area (Å²) in [5.74, 6) is 0.908. The van der Waals surface area contributed by atoms with Crippen LogP contribution in [0.15, 0.2) is 42.6 Å². The number of hydrogen-bond acceptors (Lipinski definition) is 4. The van der Waals surface area contributed by atoms with E-state index in [4.69, 9.17) is 4.74 Å². The third-order valence-electron chi connectivity index (χ3n) is 4.92. The molecule has 0 aliphatic carbocycles. The molecule has 1 amide bonds. The molecular weight excluding hydrogens is 328 g/mol. The highest BCUT2D eigenvalue weighted by molar-refractivity contribution is 5.79. The van der Waals surface area contributed by atoms with Crippen LogP contribution in [0.2, 0.25) is 0 Å². The first kappa shape index (κ1) is 18.4. The van der Waals surface area contributed by atoms with Gasteiger partial charge in [-0.1, -0.05) is 18.2 Å². The van der Waals surface area contributed by atoms with Crippen LogP contribution in [0.5, 0.6) is 5.75 Å². The van der Waals surface area contributed by atoms with Gasteiger partial charge >= 0.3 is 0 Å². The number of rotatable bonds is 5. The number of aromatic nitrogens is 1. The minimum atomic E-state index is -0.941. The molecule has 1 fully saturated rings. The molecule has 0 atom stereocenters. The van der Waals surface area contributed by atoms with Gasteiger partial charge in [0.25, 0.3) is 0 Å². The Morgan fingerprint density at radius 3 is 2.46 bits per heavy atom. The van der Waals surface area contributed by atoms with Crippen molar-refractivity contribution in [1.82, 2.24) is 9.88 Å². The molecule has 0 bridgehead atoms. The van der Waals surface area contributed by atoms with E-state index in [1.165, 1.54) is 0 Å². The second-order valence-electron chi connectivity index (χ2n) is 6.89. The Kier molecular flexibility index (Phi) is 5.57. The molecule has 2 heterocycles. The molecule has 1 aromatic carbocycles. The predicted molar refractivity (Wildman–Crippen MR) is 100.0 cm³/mol. The van der Waals surface area contributed by atoms with Gasteiger partial charge in [0.1, 0.15) is 11.4 Å². The number of amides is 1. The maximum Gasteiger partial charge on any atom is 0.226 e. The number of likely N-dealkylation sites (tertiary alicyclic amines) is 1. The molecule has 5 heteroatoms. The molecule has 2 aromatic rings. The number of carbonyl (C=O) groups is 1. The molecule has 1 aromatic heterocycles. The number of ether oxygens (including phenoxy) is 1. The molecule has 5 nitrogen and oxygen atoms in total. The van der Waals surface area contributed by atoms with Crippen molar-refractivity contribution in [3.63, 3.8) is 0 Å². The van der Waals surface area contributed by atoms with E-state index in [0.717, 1.165) is 16.9 Å². The van der Waals surface area contributed by atoms with Crippen molar-refractivity contribution < 1.29 is 14.6 Å². The quantitative estimate of drug-likeness (QED) is 0.897. The van der Waals surface area contributed by atoms with Crippen molar-refractivity contribution in [2.24, 2.45) is 0 Å². The third kappa shape index (κ3) is 4.22. The van der Waals surface area contributed by atoms with Crippen molar-refractivity contribution in [3.05, 3.63) is 59.4 Å². The van der Waals surface area contributed by atoms with E-state index in [2.05, 4.69) is 4.98 Å². The number of nitrogens with zero attached hydrogens (tertiary/aromatic N) is 2. The fourth-order valence-corrected chi connectivity index (χ4v) is 3.28. The molecule has 26 heavy (non-hydrogen) atoms. The monoisotopic (exact) mass is 354 g/mol. The molecule has 0 saturated carbocycles. The normalized spacial score (nSPS) is 16.3. The SMILES string of the molecule is CCOc1ccc(CC(=O)N2CCC(O)(c3ccc(C)cn3)CC2)cc1. The maximum absolute atomic E-state index is 12.6. The van der Waals surface area contributed by atoms with E-state index < -0.39 is 5.60 Å². The van der Waals surface area contributed by atoms with Gasteiger partial charge in [-0.05, 0) is 56.0 Å². The summed E-state index contributed by atoms with van der Waals surface area (Å²) in [6, 6.07) is 11.5. The third-order valence-corrected chi connectivity index (χ3v) is 4.92. The maximum atomic E-state index is 12.6. The summed E-state index contributed by atoms with van der Waals surface area (Å²) in [6.07, 6.45) is 3.17. The molecule has 0 spiro atoms. The Balaban J connectivity index is 1.57. The van der Waals surface area contributed by atoms with Crippen LogP contribution in [0.3, 0.4) is 0 Å². The topological polar surface area (TPSA) is 62.7 Å². The summed E-state index contributed by atoms with van der Waals surface area (Å²) >= 11 is 0. The van der Waals surface area contributed by atoms with Gasteiger partial charge in [-0.25, -0.2) is 0 Å². The lowest BCUT2D eigenvalue weighted by Gasteiger charge is -2.38. The highest BCUT2D eigenvalue weighted by Crippen LogP contribution is 2.31. The molecule has 3 rings (SSSR count). The average Bonchev–Trinajstić information content (AvgIpc) is 2.64. The van der Waals surface area contributed by atoms with Crippen molar-refractivity contribution >= 4 is 5.91 Å². The van der Waals surface area contributed by atoms with E-state index in [9.17, 15) is 9.90 Å². The minimum Gasteiger partial charge on any atom is -0.494 e. The summed E-state index contributed by atoms with van der Waals surface area (Å²) in [5, 5.41) is 10.9. The zero-order valence-electron chi connectivity index (χ0n) is 15.4. The molecule has 1 saturated heterocycles. The van der Waals surface area contributed by atoms with Crippen molar-refractivity contribution in [1.29, 1.82) is 0 Å². The zero-order chi connectivity index (χ0) is 18.6. The van der Waals surface area contributed by atoms with Gasteiger partial charge in [-0.2, -0.15) is 0 Å². The number of pyridine rings is 1. The van der Waals surface area contributed by atoms with E-state index in [0.29, 0.717) is 44.7 Å². The van der Waals surface area contributed by atoms with Crippen LogP contribution in [-0.4, -0.2) is 40.6 Å². The molecule has 138 valence electrons. The van der Waals surface area contributed by atoms with Gasteiger partial charge < -0.3 is 14.7 Å². The van der Waals surface area contributed by atoms with Crippen molar-refractivity contribution in [3.8, 4) is 5.75 Å². The lowest BCUT2D eigenvalue weighted by atomic mass is 9.87. The minimum absolute atomic E-state index is 0.0908. The Morgan fingerprint density at radius 1 is 1.19 bits per heavy atom. The molecule has 1 aliphatic rings. The molecule has 0 radical (unpaired) electrons. The lowest BCUT2D eigenvalue weighted by molar-refractivity contribution is -0.135. The van der Waals surface area contributed by atoms with Gasteiger partial charge in [0.2, 0.25) is 5.91 Å². The first-order valence-corrected chi connectivity index (χ1v) is 9.15. The Hall–Kier alpha value is -2.40. The molecule has 1 aliphatic heterocycles. The summed E-state index contributed by atoms with van der Waals surface area (Å²) < 4.78 is 5.43. The second kappa shape index (κ2) is 7.87. The van der Waals surface area contributed by atoms with Crippen LogP contribution in [0.4, 0.5) is 0 Å². The van der Waals surface area contributed by atoms with Crippen LogP contribution >= 0.6 is 0 Å². The van der Waals surface area contributed by atoms with Gasteiger partial charge in [-0.15, -0.1) is 0 Å². The molecule has 0 unspecified atom stereocenters. The zero-order valence-corrected chi connectivity index (χ0v) is 15.4. The first-order chi connectivity index (χ1) is 12.5. The van der Waals surface area contributed by atoms with Crippen molar-refractivity contribution in [2.45, 2.75) is 38.7 Å². The van der Waals surface area contributed by atoms with Gasteiger partial charge in [0, 0.05) is 19.3 Å². The van der Waals surface area contributed by atoms with Gasteiger partial charge in [0.15, 0.2) is 0 Å². The van der Waals surface area contributed by atoms with E-state index >= 15 is 0 Å². The van der Waals surface area contributed by atoms with Crippen LogP contribution in [0, 0.1) is 6.92 Å². The number of piperidine rings is 1. The summed E-state index contributed by atoms with van der Waals surface area (Å²) in [6.45, 7) is 5.64. The van der Waals surface area contributed by atoms with E-state index in [-0.39, 0.29) is 5.91 Å². The van der Waals surface area contributed by atoms with E-state index in [1.54, 1.807) is 6.20 Å². The van der Waals surface area contributed by atoms with Crippen LogP contribution in [-0.2, 0) is 16.8 Å². The number of carbonyl (C=O) groups excluding carboxylic acids is 1. The number of benzene rings is 1. The van der Waals surface area contributed by atoms with Crippen LogP contribution in [0.1, 0.15) is 36.6 Å². The van der Waals surface area contributed by atoms with Crippen LogP contribution in [0.25, 0.3) is 0 Å². The fourth-order valence-electron chi connectivity index (χ4n) is 3.28. The summed E-state index contributed by atoms with van der Waals surface area (Å²) in [5.41, 5.74) is 1.80. The van der Waals surface area contributed by atoms with E-state index in [1.807, 2.05) is 55.1 Å². The fraction of sp³-hybridized carbons (Fsp3) is 0.429.